The van der Waals surface area contributed by atoms with Gasteiger partial charge in [-0.25, -0.2) is 8.78 Å². The summed E-state index contributed by atoms with van der Waals surface area (Å²) in [6.07, 6.45) is -0.277. The van der Waals surface area contributed by atoms with E-state index in [1.54, 1.807) is 6.07 Å². The van der Waals surface area contributed by atoms with Crippen LogP contribution in [0.3, 0.4) is 0 Å². The van der Waals surface area contributed by atoms with Gasteiger partial charge in [-0.05, 0) is 0 Å². The molecule has 1 saturated heterocycles. The minimum Gasteiger partial charge on any atom is -0.390 e. The number of halogens is 2. The molecule has 0 aromatic heterocycles. The fraction of sp³-hybridized carbons (Fsp3) is 0.857. The van der Waals surface area contributed by atoms with E-state index in [1.165, 1.54) is 0 Å². The molecule has 1 rings (SSSR count). The molecule has 1 heterocycles. The van der Waals surface area contributed by atoms with Crippen LogP contribution in [0.25, 0.3) is 0 Å². The fourth-order valence-electron chi connectivity index (χ4n) is 1.11. The first kappa shape index (κ1) is 9.36. The van der Waals surface area contributed by atoms with Crippen molar-refractivity contribution in [2.75, 3.05) is 19.8 Å². The van der Waals surface area contributed by atoms with Crippen molar-refractivity contribution in [2.24, 2.45) is 5.41 Å². The number of nitrogens with zero attached hydrogens (tertiary/aromatic N) is 1. The summed E-state index contributed by atoms with van der Waals surface area (Å²) in [6, 6.07) is 1.68. The summed E-state index contributed by atoms with van der Waals surface area (Å²) >= 11 is 0. The van der Waals surface area contributed by atoms with E-state index in [9.17, 15) is 8.78 Å². The highest BCUT2D eigenvalue weighted by atomic mass is 19.3. The molecule has 1 fully saturated rings. The van der Waals surface area contributed by atoms with Crippen LogP contribution in [0, 0.1) is 16.7 Å². The summed E-state index contributed by atoms with van der Waals surface area (Å²) < 4.78 is 30.6. The van der Waals surface area contributed by atoms with Gasteiger partial charge in [0.25, 0.3) is 5.92 Å². The first-order chi connectivity index (χ1) is 5.58. The molecule has 0 unspecified atom stereocenters. The van der Waals surface area contributed by atoms with Crippen molar-refractivity contribution in [1.29, 1.82) is 5.26 Å². The normalized spacial score (nSPS) is 21.2. The molecule has 1 N–H and O–H groups in total. The van der Waals surface area contributed by atoms with E-state index in [0.29, 0.717) is 0 Å². The third kappa shape index (κ3) is 1.17. The summed E-state index contributed by atoms with van der Waals surface area (Å²) in [4.78, 5) is 0. The van der Waals surface area contributed by atoms with Crippen LogP contribution in [-0.4, -0.2) is 30.8 Å². The van der Waals surface area contributed by atoms with Gasteiger partial charge in [0, 0.05) is 0 Å². The maximum atomic E-state index is 13.0. The third-order valence-electron chi connectivity index (χ3n) is 2.15. The Balaban J connectivity index is 2.73. The topological polar surface area (TPSA) is 53.2 Å². The van der Waals surface area contributed by atoms with Crippen molar-refractivity contribution in [3.63, 3.8) is 0 Å². The Labute approximate surface area is 68.6 Å². The lowest BCUT2D eigenvalue weighted by atomic mass is 9.77. The van der Waals surface area contributed by atoms with E-state index >= 15 is 0 Å². The molecule has 0 radical (unpaired) electrons. The van der Waals surface area contributed by atoms with Crippen LogP contribution in [0.5, 0.6) is 0 Å². The van der Waals surface area contributed by atoms with Crippen LogP contribution < -0.4 is 0 Å². The Morgan fingerprint density at radius 1 is 1.58 bits per heavy atom. The average Bonchev–Trinajstić information content (AvgIpc) is 1.96. The van der Waals surface area contributed by atoms with Crippen molar-refractivity contribution in [3.05, 3.63) is 0 Å². The zero-order valence-corrected chi connectivity index (χ0v) is 6.39. The molecule has 0 spiro atoms. The molecule has 12 heavy (non-hydrogen) atoms. The highest BCUT2D eigenvalue weighted by Gasteiger charge is 2.58. The second kappa shape index (κ2) is 2.96. The zero-order valence-electron chi connectivity index (χ0n) is 6.39. The number of alkyl halides is 2. The molecule has 68 valence electrons. The third-order valence-corrected chi connectivity index (χ3v) is 2.15. The number of hydrogen-bond donors (Lipinski definition) is 1. The second-order valence-electron chi connectivity index (χ2n) is 2.97. The molecule has 0 amide bonds. The summed E-state index contributed by atoms with van der Waals surface area (Å²) in [7, 11) is 0. The second-order valence-corrected chi connectivity index (χ2v) is 2.97. The van der Waals surface area contributed by atoms with E-state index < -0.39 is 17.9 Å². The first-order valence-corrected chi connectivity index (χ1v) is 3.51. The van der Waals surface area contributed by atoms with E-state index in [1.807, 2.05) is 0 Å². The number of hydrogen-bond acceptors (Lipinski definition) is 3. The molecule has 0 aromatic rings. The maximum absolute atomic E-state index is 13.0. The smallest absolute Gasteiger partial charge is 0.281 e. The van der Waals surface area contributed by atoms with Gasteiger partial charge in [-0.2, -0.15) is 5.26 Å². The van der Waals surface area contributed by atoms with Crippen molar-refractivity contribution in [1.82, 2.24) is 0 Å². The van der Waals surface area contributed by atoms with Gasteiger partial charge >= 0.3 is 0 Å². The fourth-order valence-corrected chi connectivity index (χ4v) is 1.11. The van der Waals surface area contributed by atoms with Crippen LogP contribution in [-0.2, 0) is 4.74 Å². The molecule has 0 aliphatic carbocycles. The Kier molecular flexibility index (Phi) is 2.31. The predicted octanol–water partition coefficient (Wildman–Crippen LogP) is 0.544. The van der Waals surface area contributed by atoms with Crippen molar-refractivity contribution < 1.29 is 18.6 Å². The van der Waals surface area contributed by atoms with E-state index in [0.717, 1.165) is 0 Å². The molecule has 0 saturated carbocycles. The minimum atomic E-state index is -3.21. The molecule has 3 nitrogen and oxygen atoms in total. The van der Waals surface area contributed by atoms with Gasteiger partial charge in [0.2, 0.25) is 0 Å². The zero-order chi connectivity index (χ0) is 9.24. The standard InChI is InChI=1S/C7H9F2NO2/c8-7(9,3-11)6(1-2-10)4-12-5-6/h11H,1,3-5H2. The van der Waals surface area contributed by atoms with Gasteiger partial charge in [-0.3, -0.25) is 0 Å². The number of aliphatic hydroxyl groups is 1. The van der Waals surface area contributed by atoms with Gasteiger partial charge in [-0.1, -0.05) is 0 Å². The van der Waals surface area contributed by atoms with Crippen molar-refractivity contribution in [2.45, 2.75) is 12.3 Å². The van der Waals surface area contributed by atoms with Crippen molar-refractivity contribution >= 4 is 0 Å². The summed E-state index contributed by atoms with van der Waals surface area (Å²) in [5.41, 5.74) is -1.45. The van der Waals surface area contributed by atoms with Crippen LogP contribution in [0.15, 0.2) is 0 Å². The SMILES string of the molecule is N#CCC1(C(F)(F)CO)COC1. The van der Waals surface area contributed by atoms with E-state index in [2.05, 4.69) is 4.74 Å². The number of aliphatic hydroxyl groups excluding tert-OH is 1. The Hall–Kier alpha value is -0.730. The lowest BCUT2D eigenvalue weighted by molar-refractivity contribution is -0.252. The highest BCUT2D eigenvalue weighted by Crippen LogP contribution is 2.45. The Morgan fingerprint density at radius 2 is 2.17 bits per heavy atom. The summed E-state index contributed by atoms with van der Waals surface area (Å²) in [6.45, 7) is -1.51. The van der Waals surface area contributed by atoms with E-state index in [-0.39, 0.29) is 19.6 Å². The van der Waals surface area contributed by atoms with E-state index in [4.69, 9.17) is 10.4 Å². The molecular weight excluding hydrogens is 168 g/mol. The van der Waals surface area contributed by atoms with Crippen LogP contribution >= 0.6 is 0 Å². The molecule has 0 aromatic carbocycles. The van der Waals surface area contributed by atoms with Crippen molar-refractivity contribution in [3.8, 4) is 6.07 Å². The molecule has 1 aliphatic rings. The molecular formula is C7H9F2NO2. The number of ether oxygens (including phenoxy) is 1. The first-order valence-electron chi connectivity index (χ1n) is 3.51. The van der Waals surface area contributed by atoms with Crippen LogP contribution in [0.2, 0.25) is 0 Å². The molecule has 0 bridgehead atoms. The largest absolute Gasteiger partial charge is 0.390 e. The van der Waals surface area contributed by atoms with Gasteiger partial charge in [0.15, 0.2) is 0 Å². The summed E-state index contributed by atoms with van der Waals surface area (Å²) in [5.74, 6) is -3.21. The predicted molar refractivity (Wildman–Crippen MR) is 35.5 cm³/mol. The lowest BCUT2D eigenvalue weighted by Crippen LogP contribution is -2.57. The Morgan fingerprint density at radius 3 is 2.42 bits per heavy atom. The average molecular weight is 177 g/mol. The highest BCUT2D eigenvalue weighted by molar-refractivity contribution is 5.02. The molecule has 0 atom stereocenters. The quantitative estimate of drug-likeness (QED) is 0.684. The molecule has 5 heteroatoms. The minimum absolute atomic E-state index is 0.145. The lowest BCUT2D eigenvalue weighted by Gasteiger charge is -2.44. The maximum Gasteiger partial charge on any atom is 0.281 e. The molecule has 1 aliphatic heterocycles. The monoisotopic (exact) mass is 177 g/mol. The van der Waals surface area contributed by atoms with Crippen LogP contribution in [0.4, 0.5) is 8.78 Å². The van der Waals surface area contributed by atoms with Gasteiger partial charge in [0.05, 0.1) is 31.1 Å². The number of rotatable bonds is 3. The van der Waals surface area contributed by atoms with Gasteiger partial charge < -0.3 is 9.84 Å². The van der Waals surface area contributed by atoms with Gasteiger partial charge in [-0.15, -0.1) is 0 Å². The summed E-state index contributed by atoms with van der Waals surface area (Å²) in [5, 5.41) is 16.7. The Bertz CT molecular complexity index is 208. The van der Waals surface area contributed by atoms with Crippen LogP contribution in [0.1, 0.15) is 6.42 Å². The number of nitriles is 1. The van der Waals surface area contributed by atoms with Gasteiger partial charge in [0.1, 0.15) is 6.61 Å².